The fraction of sp³-hybridized carbons (Fsp3) is 0. The molecule has 3 aromatic rings. The van der Waals surface area contributed by atoms with Gasteiger partial charge in [-0.25, -0.2) is 9.97 Å². The van der Waals surface area contributed by atoms with E-state index in [-0.39, 0.29) is 10.8 Å². The maximum atomic E-state index is 11.0. The number of benzene rings is 1. The molecule has 104 valence electrons. The first-order chi connectivity index (χ1) is 10.1. The zero-order valence-electron chi connectivity index (χ0n) is 10.7. The monoisotopic (exact) mass is 316 g/mol. The van der Waals surface area contributed by atoms with Crippen LogP contribution in [0.5, 0.6) is 5.75 Å². The molecule has 6 heteroatoms. The first kappa shape index (κ1) is 13.7. The molecule has 0 amide bonds. The van der Waals surface area contributed by atoms with E-state index in [4.69, 9.17) is 11.6 Å². The zero-order chi connectivity index (χ0) is 15.0. The van der Waals surface area contributed by atoms with E-state index in [9.17, 15) is 9.90 Å². The van der Waals surface area contributed by atoms with Gasteiger partial charge in [0.25, 0.3) is 0 Å². The number of pyridine rings is 1. The van der Waals surface area contributed by atoms with E-state index in [0.29, 0.717) is 33.5 Å². The van der Waals surface area contributed by atoms with Gasteiger partial charge < -0.3 is 5.11 Å². The third kappa shape index (κ3) is 2.30. The summed E-state index contributed by atoms with van der Waals surface area (Å²) in [6.07, 6.45) is 2.30. The first-order valence-corrected chi connectivity index (χ1v) is 7.25. The minimum Gasteiger partial charge on any atom is -0.507 e. The van der Waals surface area contributed by atoms with Gasteiger partial charge in [0.1, 0.15) is 16.5 Å². The van der Waals surface area contributed by atoms with Crippen molar-refractivity contribution in [2.75, 3.05) is 0 Å². The second kappa shape index (κ2) is 5.27. The molecule has 4 nitrogen and oxygen atoms in total. The van der Waals surface area contributed by atoms with Crippen LogP contribution in [0.4, 0.5) is 0 Å². The standard InChI is InChI=1S/C15H9ClN2O2S/c1-2-9-7-21-15(17-9)11-5-12(20)10-4-3-8(6-19)13(16)14(10)18-11/h2-7H,1H2,(H,18,20). The molecule has 0 unspecified atom stereocenters. The predicted octanol–water partition coefficient (Wildman–Crippen LogP) is 4.17. The molecule has 21 heavy (non-hydrogen) atoms. The average molecular weight is 317 g/mol. The topological polar surface area (TPSA) is 63.1 Å². The van der Waals surface area contributed by atoms with Gasteiger partial charge in [0, 0.05) is 22.4 Å². The molecule has 0 aliphatic heterocycles. The van der Waals surface area contributed by atoms with E-state index in [0.717, 1.165) is 5.69 Å². The molecule has 0 saturated heterocycles. The lowest BCUT2D eigenvalue weighted by molar-refractivity contribution is 0.112. The Kier molecular flexibility index (Phi) is 3.45. The van der Waals surface area contributed by atoms with Crippen molar-refractivity contribution in [2.24, 2.45) is 0 Å². The molecule has 0 atom stereocenters. The third-order valence-corrected chi connectivity index (χ3v) is 4.29. The molecule has 0 spiro atoms. The summed E-state index contributed by atoms with van der Waals surface area (Å²) < 4.78 is 0. The van der Waals surface area contributed by atoms with Crippen molar-refractivity contribution in [1.29, 1.82) is 0 Å². The number of carbonyl (C=O) groups excluding carboxylic acids is 1. The van der Waals surface area contributed by atoms with Crippen LogP contribution in [0.2, 0.25) is 5.02 Å². The van der Waals surface area contributed by atoms with Crippen LogP contribution in [0.15, 0.2) is 30.2 Å². The van der Waals surface area contributed by atoms with E-state index < -0.39 is 0 Å². The van der Waals surface area contributed by atoms with Crippen LogP contribution in [0.25, 0.3) is 27.7 Å². The summed E-state index contributed by atoms with van der Waals surface area (Å²) in [5, 5.41) is 13.3. The van der Waals surface area contributed by atoms with Crippen molar-refractivity contribution in [3.8, 4) is 16.5 Å². The van der Waals surface area contributed by atoms with Gasteiger partial charge in [-0.05, 0) is 18.2 Å². The number of aromatic hydroxyl groups is 1. The van der Waals surface area contributed by atoms with Crippen molar-refractivity contribution < 1.29 is 9.90 Å². The van der Waals surface area contributed by atoms with E-state index in [1.54, 1.807) is 18.2 Å². The van der Waals surface area contributed by atoms with Crippen LogP contribution < -0.4 is 0 Å². The lowest BCUT2D eigenvalue weighted by atomic mass is 10.1. The summed E-state index contributed by atoms with van der Waals surface area (Å²) in [4.78, 5) is 19.7. The third-order valence-electron chi connectivity index (χ3n) is 3.00. The molecule has 0 bridgehead atoms. The molecule has 1 aromatic carbocycles. The normalized spacial score (nSPS) is 10.7. The average Bonchev–Trinajstić information content (AvgIpc) is 2.97. The molecule has 0 aliphatic rings. The van der Waals surface area contributed by atoms with Gasteiger partial charge in [-0.1, -0.05) is 18.2 Å². The van der Waals surface area contributed by atoms with E-state index >= 15 is 0 Å². The second-order valence-corrected chi connectivity index (χ2v) is 5.53. The van der Waals surface area contributed by atoms with Gasteiger partial charge in [-0.2, -0.15) is 0 Å². The smallest absolute Gasteiger partial charge is 0.151 e. The fourth-order valence-electron chi connectivity index (χ4n) is 1.95. The highest BCUT2D eigenvalue weighted by atomic mass is 35.5. The molecular formula is C15H9ClN2O2S. The quantitative estimate of drug-likeness (QED) is 0.736. The molecule has 3 rings (SSSR count). The molecule has 0 aliphatic carbocycles. The van der Waals surface area contributed by atoms with Crippen molar-refractivity contribution in [3.63, 3.8) is 0 Å². The van der Waals surface area contributed by atoms with Gasteiger partial charge in [-0.15, -0.1) is 11.3 Å². The number of aldehydes is 1. The molecule has 0 radical (unpaired) electrons. The van der Waals surface area contributed by atoms with Crippen molar-refractivity contribution >= 4 is 46.2 Å². The van der Waals surface area contributed by atoms with E-state index in [1.807, 2.05) is 5.38 Å². The Labute approximate surface area is 129 Å². The number of thiazole rings is 1. The Morgan fingerprint density at radius 2 is 2.14 bits per heavy atom. The summed E-state index contributed by atoms with van der Waals surface area (Å²) in [6.45, 7) is 3.66. The number of carbonyl (C=O) groups is 1. The first-order valence-electron chi connectivity index (χ1n) is 5.99. The molecular weight excluding hydrogens is 308 g/mol. The highest BCUT2D eigenvalue weighted by Crippen LogP contribution is 2.34. The van der Waals surface area contributed by atoms with Crippen LogP contribution in [0.3, 0.4) is 0 Å². The molecule has 2 heterocycles. The Bertz CT molecular complexity index is 873. The molecule has 0 fully saturated rings. The second-order valence-electron chi connectivity index (χ2n) is 4.29. The minimum atomic E-state index is 0.0460. The van der Waals surface area contributed by atoms with Crippen molar-refractivity contribution in [2.45, 2.75) is 0 Å². The maximum absolute atomic E-state index is 11.0. The van der Waals surface area contributed by atoms with Gasteiger partial charge in [0.15, 0.2) is 6.29 Å². The summed E-state index contributed by atoms with van der Waals surface area (Å²) >= 11 is 7.56. The van der Waals surface area contributed by atoms with Crippen LogP contribution in [-0.2, 0) is 0 Å². The Balaban J connectivity index is 2.28. The fourth-order valence-corrected chi connectivity index (χ4v) is 2.97. The number of fused-ring (bicyclic) bond motifs is 1. The lowest BCUT2D eigenvalue weighted by Gasteiger charge is -2.06. The highest BCUT2D eigenvalue weighted by molar-refractivity contribution is 7.13. The number of hydrogen-bond acceptors (Lipinski definition) is 5. The number of halogens is 1. The van der Waals surface area contributed by atoms with Gasteiger partial charge in [0.2, 0.25) is 0 Å². The van der Waals surface area contributed by atoms with Gasteiger partial charge in [-0.3, -0.25) is 4.79 Å². The predicted molar refractivity (Wildman–Crippen MR) is 85.0 cm³/mol. The maximum Gasteiger partial charge on any atom is 0.151 e. The van der Waals surface area contributed by atoms with Crippen LogP contribution in [0.1, 0.15) is 16.1 Å². The SMILES string of the molecule is C=Cc1csc(-c2cc(O)c3ccc(C=O)c(Cl)c3n2)n1. The van der Waals surface area contributed by atoms with Crippen LogP contribution in [0, 0.1) is 0 Å². The zero-order valence-corrected chi connectivity index (χ0v) is 12.3. The summed E-state index contributed by atoms with van der Waals surface area (Å²) in [6, 6.07) is 4.71. The Morgan fingerprint density at radius 3 is 2.81 bits per heavy atom. The van der Waals surface area contributed by atoms with Gasteiger partial charge in [0.05, 0.1) is 16.2 Å². The minimum absolute atomic E-state index is 0.0460. The van der Waals surface area contributed by atoms with Crippen LogP contribution in [-0.4, -0.2) is 21.4 Å². The van der Waals surface area contributed by atoms with Gasteiger partial charge >= 0.3 is 0 Å². The van der Waals surface area contributed by atoms with E-state index in [1.165, 1.54) is 17.4 Å². The molecule has 1 N–H and O–H groups in total. The summed E-state index contributed by atoms with van der Waals surface area (Å²) in [5.41, 5.74) is 1.96. The number of hydrogen-bond donors (Lipinski definition) is 1. The van der Waals surface area contributed by atoms with Crippen molar-refractivity contribution in [1.82, 2.24) is 9.97 Å². The Hall–Kier alpha value is -2.24. The summed E-state index contributed by atoms with van der Waals surface area (Å²) in [7, 11) is 0. The number of rotatable bonds is 3. The molecule has 0 saturated carbocycles. The van der Waals surface area contributed by atoms with Crippen LogP contribution >= 0.6 is 22.9 Å². The highest BCUT2D eigenvalue weighted by Gasteiger charge is 2.14. The largest absolute Gasteiger partial charge is 0.507 e. The lowest BCUT2D eigenvalue weighted by Crippen LogP contribution is -1.90. The Morgan fingerprint density at radius 1 is 1.33 bits per heavy atom. The summed E-state index contributed by atoms with van der Waals surface area (Å²) in [5.74, 6) is 0.0460. The number of nitrogens with zero attached hydrogens (tertiary/aromatic N) is 2. The number of aromatic nitrogens is 2. The van der Waals surface area contributed by atoms with E-state index in [2.05, 4.69) is 16.5 Å². The van der Waals surface area contributed by atoms with Crippen molar-refractivity contribution in [3.05, 3.63) is 46.4 Å². The molecule has 2 aromatic heterocycles.